The fraction of sp³-hybridized carbons (Fsp3) is 0.227. The predicted molar refractivity (Wildman–Crippen MR) is 116 cm³/mol. The Labute approximate surface area is 180 Å². The Morgan fingerprint density at radius 2 is 1.66 bits per heavy atom. The molecule has 3 aromatic rings. The average Bonchev–Trinajstić information content (AvgIpc) is 2.74. The molecule has 0 fully saturated rings. The Hall–Kier alpha value is -2.47. The number of nitrogens with two attached hydrogens (primary N) is 1. The van der Waals surface area contributed by atoms with E-state index >= 15 is 0 Å². The molecule has 0 radical (unpaired) electrons. The SMILES string of the molecule is NC(=O)C(CCc1cccnc1)(NCCc1cccnc1)c1cc(Cl)ccc1Cl. The molecule has 0 spiro atoms. The van der Waals surface area contributed by atoms with Crippen molar-refractivity contribution in [1.82, 2.24) is 15.3 Å². The molecule has 1 aromatic carbocycles. The summed E-state index contributed by atoms with van der Waals surface area (Å²) in [6, 6.07) is 12.8. The van der Waals surface area contributed by atoms with Crippen LogP contribution in [-0.4, -0.2) is 22.4 Å². The molecule has 150 valence electrons. The highest BCUT2D eigenvalue weighted by atomic mass is 35.5. The first-order valence-corrected chi connectivity index (χ1v) is 10.0. The predicted octanol–water partition coefficient (Wildman–Crippen LogP) is 3.93. The third kappa shape index (κ3) is 5.32. The number of halogens is 2. The normalized spacial score (nSPS) is 13.0. The first-order chi connectivity index (χ1) is 14.0. The van der Waals surface area contributed by atoms with Gasteiger partial charge in [-0.1, -0.05) is 35.3 Å². The number of pyridine rings is 2. The van der Waals surface area contributed by atoms with Crippen molar-refractivity contribution in [3.63, 3.8) is 0 Å². The summed E-state index contributed by atoms with van der Waals surface area (Å²) in [7, 11) is 0. The maximum Gasteiger partial charge on any atom is 0.242 e. The summed E-state index contributed by atoms with van der Waals surface area (Å²) < 4.78 is 0. The molecule has 0 bridgehead atoms. The first kappa shape index (κ1) is 21.2. The lowest BCUT2D eigenvalue weighted by atomic mass is 9.83. The summed E-state index contributed by atoms with van der Waals surface area (Å²) in [5, 5.41) is 4.30. The van der Waals surface area contributed by atoms with Crippen molar-refractivity contribution in [3.8, 4) is 0 Å². The quantitative estimate of drug-likeness (QED) is 0.540. The van der Waals surface area contributed by atoms with Crippen molar-refractivity contribution in [2.45, 2.75) is 24.8 Å². The first-order valence-electron chi connectivity index (χ1n) is 9.29. The van der Waals surface area contributed by atoms with Crippen LogP contribution in [0, 0.1) is 0 Å². The van der Waals surface area contributed by atoms with E-state index in [0.29, 0.717) is 41.4 Å². The zero-order valence-corrected chi connectivity index (χ0v) is 17.3. The third-order valence-electron chi connectivity index (χ3n) is 4.88. The monoisotopic (exact) mass is 428 g/mol. The van der Waals surface area contributed by atoms with Crippen LogP contribution in [0.25, 0.3) is 0 Å². The third-order valence-corrected chi connectivity index (χ3v) is 5.45. The van der Waals surface area contributed by atoms with E-state index in [1.54, 1.807) is 43.0 Å². The van der Waals surface area contributed by atoms with Crippen molar-refractivity contribution in [1.29, 1.82) is 0 Å². The van der Waals surface area contributed by atoms with Gasteiger partial charge in [-0.05, 0) is 60.7 Å². The fourth-order valence-corrected chi connectivity index (χ4v) is 3.78. The van der Waals surface area contributed by atoms with Crippen LogP contribution in [0.15, 0.2) is 67.3 Å². The molecule has 0 aliphatic rings. The van der Waals surface area contributed by atoms with Gasteiger partial charge >= 0.3 is 0 Å². The highest BCUT2D eigenvalue weighted by Crippen LogP contribution is 2.34. The number of carbonyl (C=O) groups excluding carboxylic acids is 1. The van der Waals surface area contributed by atoms with E-state index in [0.717, 1.165) is 11.1 Å². The Morgan fingerprint density at radius 3 is 2.24 bits per heavy atom. The van der Waals surface area contributed by atoms with E-state index in [1.807, 2.05) is 24.3 Å². The molecule has 29 heavy (non-hydrogen) atoms. The van der Waals surface area contributed by atoms with Crippen LogP contribution in [0.3, 0.4) is 0 Å². The summed E-state index contributed by atoms with van der Waals surface area (Å²) in [6.45, 7) is 0.518. The van der Waals surface area contributed by atoms with Crippen LogP contribution in [-0.2, 0) is 23.2 Å². The van der Waals surface area contributed by atoms with E-state index in [1.165, 1.54) is 0 Å². The number of primary amides is 1. The van der Waals surface area contributed by atoms with Crippen LogP contribution in [0.1, 0.15) is 23.1 Å². The van der Waals surface area contributed by atoms with Crippen LogP contribution in [0.4, 0.5) is 0 Å². The summed E-state index contributed by atoms with van der Waals surface area (Å²) in [5.74, 6) is -0.503. The molecular weight excluding hydrogens is 407 g/mol. The number of hydrogen-bond donors (Lipinski definition) is 2. The largest absolute Gasteiger partial charge is 0.368 e. The Bertz CT molecular complexity index is 954. The number of nitrogens with zero attached hydrogens (tertiary/aromatic N) is 2. The number of amides is 1. The number of nitrogens with one attached hydrogen (secondary N) is 1. The van der Waals surface area contributed by atoms with Crippen molar-refractivity contribution in [2.24, 2.45) is 5.73 Å². The van der Waals surface area contributed by atoms with Gasteiger partial charge in [0, 0.05) is 46.9 Å². The standard InChI is InChI=1S/C22H22Cl2N4O/c23-18-5-6-20(24)19(13-18)22(21(25)29,9-7-16-3-1-10-26-14-16)28-12-8-17-4-2-11-27-15-17/h1-6,10-11,13-15,28H,7-9,12H2,(H2,25,29). The number of carbonyl (C=O) groups is 1. The van der Waals surface area contributed by atoms with Gasteiger partial charge in [-0.2, -0.15) is 0 Å². The van der Waals surface area contributed by atoms with E-state index in [4.69, 9.17) is 28.9 Å². The number of rotatable bonds is 9. The highest BCUT2D eigenvalue weighted by molar-refractivity contribution is 6.34. The van der Waals surface area contributed by atoms with Crippen molar-refractivity contribution < 1.29 is 4.79 Å². The number of aromatic nitrogens is 2. The second-order valence-corrected chi connectivity index (χ2v) is 7.64. The van der Waals surface area contributed by atoms with Crippen molar-refractivity contribution in [3.05, 3.63) is 94.0 Å². The second-order valence-electron chi connectivity index (χ2n) is 6.79. The Kier molecular flexibility index (Phi) is 7.20. The molecule has 1 amide bonds. The summed E-state index contributed by atoms with van der Waals surface area (Å²) in [5.41, 5.74) is 7.41. The maximum absolute atomic E-state index is 12.8. The molecule has 0 aliphatic carbocycles. The van der Waals surface area contributed by atoms with Gasteiger partial charge in [-0.25, -0.2) is 0 Å². The van der Waals surface area contributed by atoms with Gasteiger partial charge in [0.15, 0.2) is 0 Å². The van der Waals surface area contributed by atoms with E-state index in [9.17, 15) is 4.79 Å². The summed E-state index contributed by atoms with van der Waals surface area (Å²) >= 11 is 12.7. The number of aryl methyl sites for hydroxylation is 1. The highest BCUT2D eigenvalue weighted by Gasteiger charge is 2.39. The van der Waals surface area contributed by atoms with Gasteiger partial charge in [-0.15, -0.1) is 0 Å². The Morgan fingerprint density at radius 1 is 1.00 bits per heavy atom. The minimum atomic E-state index is -1.17. The van der Waals surface area contributed by atoms with Gasteiger partial charge in [0.25, 0.3) is 0 Å². The van der Waals surface area contributed by atoms with Crippen LogP contribution in [0.5, 0.6) is 0 Å². The lowest BCUT2D eigenvalue weighted by molar-refractivity contribution is -0.125. The molecule has 2 heterocycles. The topological polar surface area (TPSA) is 80.9 Å². The summed E-state index contributed by atoms with van der Waals surface area (Å²) in [6.07, 6.45) is 8.72. The second kappa shape index (κ2) is 9.83. The molecule has 3 N–H and O–H groups in total. The number of hydrogen-bond acceptors (Lipinski definition) is 4. The van der Waals surface area contributed by atoms with E-state index in [-0.39, 0.29) is 0 Å². The molecule has 7 heteroatoms. The fourth-order valence-electron chi connectivity index (χ4n) is 3.33. The number of benzene rings is 1. The minimum absolute atomic E-state index is 0.418. The van der Waals surface area contributed by atoms with Gasteiger partial charge in [0.1, 0.15) is 5.54 Å². The molecule has 0 saturated carbocycles. The Balaban J connectivity index is 1.90. The lowest BCUT2D eigenvalue weighted by Gasteiger charge is -2.33. The van der Waals surface area contributed by atoms with Crippen LogP contribution in [0.2, 0.25) is 10.0 Å². The van der Waals surface area contributed by atoms with Gasteiger partial charge < -0.3 is 5.73 Å². The minimum Gasteiger partial charge on any atom is -0.368 e. The van der Waals surface area contributed by atoms with E-state index < -0.39 is 11.4 Å². The van der Waals surface area contributed by atoms with Crippen LogP contribution >= 0.6 is 23.2 Å². The molecule has 1 unspecified atom stereocenters. The van der Waals surface area contributed by atoms with Crippen molar-refractivity contribution in [2.75, 3.05) is 6.54 Å². The molecule has 2 aromatic heterocycles. The van der Waals surface area contributed by atoms with Crippen LogP contribution < -0.4 is 11.1 Å². The maximum atomic E-state index is 12.8. The molecule has 5 nitrogen and oxygen atoms in total. The lowest BCUT2D eigenvalue weighted by Crippen LogP contribution is -2.53. The molecular formula is C22H22Cl2N4O. The zero-order valence-electron chi connectivity index (χ0n) is 15.8. The molecule has 3 rings (SSSR count). The molecule has 1 atom stereocenters. The molecule has 0 saturated heterocycles. The summed E-state index contributed by atoms with van der Waals surface area (Å²) in [4.78, 5) is 21.1. The van der Waals surface area contributed by atoms with Gasteiger partial charge in [0.05, 0.1) is 0 Å². The van der Waals surface area contributed by atoms with Gasteiger partial charge in [-0.3, -0.25) is 20.1 Å². The zero-order chi connectivity index (χ0) is 20.7. The van der Waals surface area contributed by atoms with Crippen molar-refractivity contribution >= 4 is 29.1 Å². The molecule has 0 aliphatic heterocycles. The smallest absolute Gasteiger partial charge is 0.242 e. The van der Waals surface area contributed by atoms with Gasteiger partial charge in [0.2, 0.25) is 5.91 Å². The average molecular weight is 429 g/mol. The van der Waals surface area contributed by atoms with E-state index in [2.05, 4.69) is 15.3 Å².